The van der Waals surface area contributed by atoms with Crippen LogP contribution in [-0.2, 0) is 6.54 Å². The maximum Gasteiger partial charge on any atom is 0.119 e. The Balaban J connectivity index is 2.52. The third kappa shape index (κ3) is 4.75. The number of hydrogen-bond donors (Lipinski definition) is 1. The van der Waals surface area contributed by atoms with Gasteiger partial charge in [-0.3, -0.25) is 0 Å². The molecule has 0 saturated heterocycles. The van der Waals surface area contributed by atoms with E-state index in [0.29, 0.717) is 5.92 Å². The van der Waals surface area contributed by atoms with Crippen LogP contribution in [0, 0.1) is 5.92 Å². The summed E-state index contributed by atoms with van der Waals surface area (Å²) in [6, 6.07) is 8.39. The lowest BCUT2D eigenvalue weighted by Gasteiger charge is -2.23. The lowest BCUT2D eigenvalue weighted by Crippen LogP contribution is -2.38. The van der Waals surface area contributed by atoms with Gasteiger partial charge in [0, 0.05) is 19.1 Å². The van der Waals surface area contributed by atoms with Crippen molar-refractivity contribution in [3.63, 3.8) is 0 Å². The number of hydrogen-bond acceptors (Lipinski definition) is 3. The van der Waals surface area contributed by atoms with Gasteiger partial charge in [-0.25, -0.2) is 0 Å². The van der Waals surface area contributed by atoms with Crippen LogP contribution in [0.3, 0.4) is 0 Å². The number of likely N-dealkylation sites (N-methyl/N-ethyl adjacent to an activating group) is 1. The topological polar surface area (TPSA) is 38.5 Å². The van der Waals surface area contributed by atoms with Crippen molar-refractivity contribution >= 4 is 0 Å². The van der Waals surface area contributed by atoms with E-state index in [9.17, 15) is 0 Å². The molecule has 0 aliphatic rings. The van der Waals surface area contributed by atoms with Gasteiger partial charge in [0.1, 0.15) is 5.75 Å². The van der Waals surface area contributed by atoms with E-state index >= 15 is 0 Å². The van der Waals surface area contributed by atoms with Gasteiger partial charge in [0.2, 0.25) is 0 Å². The predicted octanol–water partition coefficient (Wildman–Crippen LogP) is 2.11. The molecule has 0 saturated carbocycles. The lowest BCUT2D eigenvalue weighted by molar-refractivity contribution is 0.276. The van der Waals surface area contributed by atoms with Crippen LogP contribution in [0.25, 0.3) is 0 Å². The standard InChI is InChI=1S/C14H24N2O/c1-11(2)14(15)10-16(3)9-12-6-5-7-13(8-12)17-4/h5-8,11,14H,9-10,15H2,1-4H3/t14-/m0/s1. The van der Waals surface area contributed by atoms with Crippen LogP contribution in [0.4, 0.5) is 0 Å². The molecule has 0 aromatic heterocycles. The molecule has 0 amide bonds. The molecule has 96 valence electrons. The van der Waals surface area contributed by atoms with Crippen LogP contribution in [-0.4, -0.2) is 31.6 Å². The largest absolute Gasteiger partial charge is 0.497 e. The first-order valence-electron chi connectivity index (χ1n) is 6.10. The minimum Gasteiger partial charge on any atom is -0.497 e. The van der Waals surface area contributed by atoms with Crippen LogP contribution in [0.2, 0.25) is 0 Å². The molecule has 0 unspecified atom stereocenters. The Bertz CT molecular complexity index is 339. The summed E-state index contributed by atoms with van der Waals surface area (Å²) in [7, 11) is 3.79. The molecule has 0 heterocycles. The molecule has 1 aromatic carbocycles. The van der Waals surface area contributed by atoms with E-state index in [1.54, 1.807) is 7.11 Å². The molecule has 1 aromatic rings. The van der Waals surface area contributed by atoms with E-state index in [2.05, 4.69) is 37.9 Å². The Hall–Kier alpha value is -1.06. The Morgan fingerprint density at radius 2 is 2.06 bits per heavy atom. The minimum atomic E-state index is 0.227. The Kier molecular flexibility index (Phi) is 5.45. The summed E-state index contributed by atoms with van der Waals surface area (Å²) < 4.78 is 5.21. The second-order valence-corrected chi connectivity index (χ2v) is 4.96. The Morgan fingerprint density at radius 3 is 2.65 bits per heavy atom. The molecule has 3 heteroatoms. The van der Waals surface area contributed by atoms with Gasteiger partial charge < -0.3 is 15.4 Å². The highest BCUT2D eigenvalue weighted by molar-refractivity contribution is 5.28. The Labute approximate surface area is 105 Å². The summed E-state index contributed by atoms with van der Waals surface area (Å²) >= 11 is 0. The normalized spacial score (nSPS) is 13.1. The molecule has 17 heavy (non-hydrogen) atoms. The lowest BCUT2D eigenvalue weighted by atomic mass is 10.1. The van der Waals surface area contributed by atoms with E-state index in [1.807, 2.05) is 12.1 Å². The van der Waals surface area contributed by atoms with Crippen LogP contribution in [0.15, 0.2) is 24.3 Å². The predicted molar refractivity (Wildman–Crippen MR) is 72.1 cm³/mol. The highest BCUT2D eigenvalue weighted by atomic mass is 16.5. The third-order valence-corrected chi connectivity index (χ3v) is 2.97. The number of ether oxygens (including phenoxy) is 1. The number of nitrogens with zero attached hydrogens (tertiary/aromatic N) is 1. The Morgan fingerprint density at radius 1 is 1.35 bits per heavy atom. The van der Waals surface area contributed by atoms with Crippen molar-refractivity contribution in [2.75, 3.05) is 20.7 Å². The van der Waals surface area contributed by atoms with Gasteiger partial charge in [-0.15, -0.1) is 0 Å². The van der Waals surface area contributed by atoms with Crippen molar-refractivity contribution in [2.24, 2.45) is 11.7 Å². The van der Waals surface area contributed by atoms with Crippen molar-refractivity contribution < 1.29 is 4.74 Å². The first kappa shape index (κ1) is 14.0. The molecule has 0 fully saturated rings. The van der Waals surface area contributed by atoms with E-state index in [1.165, 1.54) is 5.56 Å². The molecule has 0 aliphatic carbocycles. The van der Waals surface area contributed by atoms with E-state index < -0.39 is 0 Å². The van der Waals surface area contributed by atoms with Gasteiger partial charge in [-0.05, 0) is 30.7 Å². The van der Waals surface area contributed by atoms with E-state index in [0.717, 1.165) is 18.8 Å². The first-order chi connectivity index (χ1) is 8.02. The average molecular weight is 236 g/mol. The van der Waals surface area contributed by atoms with Crippen molar-refractivity contribution in [2.45, 2.75) is 26.4 Å². The highest BCUT2D eigenvalue weighted by Gasteiger charge is 2.10. The van der Waals surface area contributed by atoms with Crippen molar-refractivity contribution in [3.05, 3.63) is 29.8 Å². The molecule has 0 radical (unpaired) electrons. The summed E-state index contributed by atoms with van der Waals surface area (Å²) in [5.41, 5.74) is 7.31. The summed E-state index contributed by atoms with van der Waals surface area (Å²) in [4.78, 5) is 2.25. The van der Waals surface area contributed by atoms with Crippen LogP contribution >= 0.6 is 0 Å². The minimum absolute atomic E-state index is 0.227. The summed E-state index contributed by atoms with van der Waals surface area (Å²) in [5, 5.41) is 0. The van der Waals surface area contributed by atoms with Gasteiger partial charge in [-0.2, -0.15) is 0 Å². The third-order valence-electron chi connectivity index (χ3n) is 2.97. The summed E-state index contributed by atoms with van der Waals surface area (Å²) in [6.07, 6.45) is 0. The number of nitrogens with two attached hydrogens (primary N) is 1. The molecule has 1 atom stereocenters. The fourth-order valence-corrected chi connectivity index (χ4v) is 1.72. The molecule has 0 spiro atoms. The number of methoxy groups -OCH3 is 1. The molecular formula is C14H24N2O. The monoisotopic (exact) mass is 236 g/mol. The second-order valence-electron chi connectivity index (χ2n) is 4.96. The average Bonchev–Trinajstić information content (AvgIpc) is 2.28. The maximum atomic E-state index is 6.06. The zero-order valence-electron chi connectivity index (χ0n) is 11.3. The van der Waals surface area contributed by atoms with E-state index in [-0.39, 0.29) is 6.04 Å². The summed E-state index contributed by atoms with van der Waals surface area (Å²) in [6.45, 7) is 6.13. The van der Waals surface area contributed by atoms with Gasteiger partial charge in [-0.1, -0.05) is 26.0 Å². The fourth-order valence-electron chi connectivity index (χ4n) is 1.72. The van der Waals surface area contributed by atoms with Gasteiger partial charge in [0.05, 0.1) is 7.11 Å². The summed E-state index contributed by atoms with van der Waals surface area (Å²) in [5.74, 6) is 1.42. The molecule has 1 rings (SSSR count). The van der Waals surface area contributed by atoms with Gasteiger partial charge >= 0.3 is 0 Å². The number of benzene rings is 1. The molecule has 0 aliphatic heterocycles. The van der Waals surface area contributed by atoms with Crippen LogP contribution < -0.4 is 10.5 Å². The molecule has 0 bridgehead atoms. The molecule has 3 nitrogen and oxygen atoms in total. The van der Waals surface area contributed by atoms with E-state index in [4.69, 9.17) is 10.5 Å². The maximum absolute atomic E-state index is 6.06. The second kappa shape index (κ2) is 6.62. The van der Waals surface area contributed by atoms with Gasteiger partial charge in [0.15, 0.2) is 0 Å². The quantitative estimate of drug-likeness (QED) is 0.822. The van der Waals surface area contributed by atoms with Crippen molar-refractivity contribution in [3.8, 4) is 5.75 Å². The highest BCUT2D eigenvalue weighted by Crippen LogP contribution is 2.14. The number of rotatable bonds is 6. The zero-order valence-corrected chi connectivity index (χ0v) is 11.3. The van der Waals surface area contributed by atoms with Crippen molar-refractivity contribution in [1.82, 2.24) is 4.90 Å². The van der Waals surface area contributed by atoms with Crippen molar-refractivity contribution in [1.29, 1.82) is 0 Å². The molecular weight excluding hydrogens is 212 g/mol. The smallest absolute Gasteiger partial charge is 0.119 e. The first-order valence-corrected chi connectivity index (χ1v) is 6.10. The van der Waals surface area contributed by atoms with Crippen LogP contribution in [0.5, 0.6) is 5.75 Å². The fraction of sp³-hybridized carbons (Fsp3) is 0.571. The molecule has 2 N–H and O–H groups in total. The van der Waals surface area contributed by atoms with Crippen LogP contribution in [0.1, 0.15) is 19.4 Å². The SMILES string of the molecule is COc1cccc(CN(C)C[C@H](N)C(C)C)c1. The zero-order chi connectivity index (χ0) is 12.8. The van der Waals surface area contributed by atoms with Gasteiger partial charge in [0.25, 0.3) is 0 Å².